The van der Waals surface area contributed by atoms with Gasteiger partial charge in [-0.05, 0) is 18.1 Å². The van der Waals surface area contributed by atoms with E-state index in [0.29, 0.717) is 6.54 Å². The summed E-state index contributed by atoms with van der Waals surface area (Å²) in [7, 11) is 3.32. The fraction of sp³-hybridized carbons (Fsp3) is 0.400. The summed E-state index contributed by atoms with van der Waals surface area (Å²) in [5.41, 5.74) is 2.05. The number of hydrogen-bond acceptors (Lipinski definition) is 5. The molecule has 6 nitrogen and oxygen atoms in total. The zero-order valence-electron chi connectivity index (χ0n) is 12.5. The third kappa shape index (κ3) is 3.88. The van der Waals surface area contributed by atoms with Gasteiger partial charge in [0.2, 0.25) is 0 Å². The molecule has 1 aromatic heterocycles. The van der Waals surface area contributed by atoms with Crippen molar-refractivity contribution in [1.82, 2.24) is 20.1 Å². The molecule has 1 atom stereocenters. The number of carbonyl (C=O) groups excluding carboxylic acids is 1. The molecule has 0 radical (unpaired) electrons. The summed E-state index contributed by atoms with van der Waals surface area (Å²) in [5.74, 6) is 0.643. The molecule has 2 rings (SSSR count). The molecule has 0 aliphatic carbocycles. The number of methoxy groups -OCH3 is 1. The fourth-order valence-electron chi connectivity index (χ4n) is 2.17. The van der Waals surface area contributed by atoms with Gasteiger partial charge in [-0.2, -0.15) is 0 Å². The maximum atomic E-state index is 11.4. The van der Waals surface area contributed by atoms with Gasteiger partial charge in [0.15, 0.2) is 0 Å². The quantitative estimate of drug-likeness (QED) is 0.813. The van der Waals surface area contributed by atoms with Gasteiger partial charge in [0.05, 0.1) is 19.6 Å². The van der Waals surface area contributed by atoms with Gasteiger partial charge < -0.3 is 14.6 Å². The molecule has 0 fully saturated rings. The first-order valence-corrected chi connectivity index (χ1v) is 6.82. The molecule has 2 aromatic rings. The highest BCUT2D eigenvalue weighted by atomic mass is 16.5. The van der Waals surface area contributed by atoms with Crippen LogP contribution in [0.2, 0.25) is 0 Å². The predicted octanol–water partition coefficient (Wildman–Crippen LogP) is 1.38. The number of rotatable bonds is 6. The predicted molar refractivity (Wildman–Crippen MR) is 78.4 cm³/mol. The second kappa shape index (κ2) is 6.99. The van der Waals surface area contributed by atoms with Crippen LogP contribution in [-0.2, 0) is 29.5 Å². The number of carbonyl (C=O) groups is 1. The Morgan fingerprint density at radius 1 is 1.38 bits per heavy atom. The summed E-state index contributed by atoms with van der Waals surface area (Å²) in [4.78, 5) is 11.4. The Hall–Kier alpha value is -2.21. The van der Waals surface area contributed by atoms with Crippen molar-refractivity contribution in [1.29, 1.82) is 0 Å². The zero-order valence-corrected chi connectivity index (χ0v) is 12.5. The summed E-state index contributed by atoms with van der Waals surface area (Å²) >= 11 is 0. The number of nitrogens with zero attached hydrogens (tertiary/aromatic N) is 3. The minimum absolute atomic E-state index is 0.0729. The zero-order chi connectivity index (χ0) is 15.2. The molecular formula is C15H20N4O2. The van der Waals surface area contributed by atoms with Crippen LogP contribution in [0.3, 0.4) is 0 Å². The van der Waals surface area contributed by atoms with E-state index < -0.39 is 0 Å². The maximum absolute atomic E-state index is 11.4. The van der Waals surface area contributed by atoms with E-state index in [9.17, 15) is 4.79 Å². The lowest BCUT2D eigenvalue weighted by Gasteiger charge is -2.15. The van der Waals surface area contributed by atoms with Crippen molar-refractivity contribution >= 4 is 5.97 Å². The number of aryl methyl sites for hydroxylation is 1. The molecule has 1 heterocycles. The van der Waals surface area contributed by atoms with Crippen LogP contribution in [0.25, 0.3) is 0 Å². The van der Waals surface area contributed by atoms with E-state index in [0.717, 1.165) is 17.0 Å². The van der Waals surface area contributed by atoms with Gasteiger partial charge in [0.25, 0.3) is 0 Å². The lowest BCUT2D eigenvalue weighted by atomic mass is 10.0. The number of esters is 1. The smallest absolute Gasteiger partial charge is 0.309 e. The summed E-state index contributed by atoms with van der Waals surface area (Å²) in [6, 6.07) is 7.91. The van der Waals surface area contributed by atoms with Crippen LogP contribution in [0.15, 0.2) is 30.6 Å². The Kier molecular flexibility index (Phi) is 5.05. The van der Waals surface area contributed by atoms with Gasteiger partial charge in [0, 0.05) is 13.6 Å². The Morgan fingerprint density at radius 2 is 2.10 bits per heavy atom. The molecule has 0 aliphatic rings. The number of aromatic nitrogens is 3. The first-order chi connectivity index (χ1) is 10.1. The van der Waals surface area contributed by atoms with Gasteiger partial charge in [-0.3, -0.25) is 4.79 Å². The number of hydrogen-bond donors (Lipinski definition) is 1. The van der Waals surface area contributed by atoms with E-state index in [1.807, 2.05) is 42.8 Å². The second-order valence-corrected chi connectivity index (χ2v) is 4.92. The Morgan fingerprint density at radius 3 is 2.71 bits per heavy atom. The Balaban J connectivity index is 2.03. The molecule has 0 amide bonds. The van der Waals surface area contributed by atoms with E-state index in [1.54, 1.807) is 6.33 Å². The van der Waals surface area contributed by atoms with Crippen LogP contribution in [0.5, 0.6) is 0 Å². The lowest BCUT2D eigenvalue weighted by molar-refractivity contribution is -0.139. The SMILES string of the molecule is COC(=O)Cc1ccccc1CNC(C)c1nncn1C. The molecule has 0 aliphatic heterocycles. The normalized spacial score (nSPS) is 12.1. The third-order valence-electron chi connectivity index (χ3n) is 3.41. The van der Waals surface area contributed by atoms with E-state index >= 15 is 0 Å². The first-order valence-electron chi connectivity index (χ1n) is 6.82. The van der Waals surface area contributed by atoms with Crippen molar-refractivity contribution in [3.05, 3.63) is 47.5 Å². The van der Waals surface area contributed by atoms with Crippen molar-refractivity contribution in [2.75, 3.05) is 7.11 Å². The Bertz CT molecular complexity index is 609. The van der Waals surface area contributed by atoms with Gasteiger partial charge in [-0.1, -0.05) is 24.3 Å². The number of benzene rings is 1. The molecule has 112 valence electrons. The summed E-state index contributed by atoms with van der Waals surface area (Å²) in [6.07, 6.45) is 1.96. The fourth-order valence-corrected chi connectivity index (χ4v) is 2.17. The van der Waals surface area contributed by atoms with Crippen molar-refractivity contribution in [3.63, 3.8) is 0 Å². The monoisotopic (exact) mass is 288 g/mol. The lowest BCUT2D eigenvalue weighted by Crippen LogP contribution is -2.22. The largest absolute Gasteiger partial charge is 0.469 e. The van der Waals surface area contributed by atoms with Crippen molar-refractivity contribution in [3.8, 4) is 0 Å². The van der Waals surface area contributed by atoms with E-state index in [4.69, 9.17) is 4.74 Å². The summed E-state index contributed by atoms with van der Waals surface area (Å²) in [5, 5.41) is 11.4. The van der Waals surface area contributed by atoms with E-state index in [1.165, 1.54) is 7.11 Å². The van der Waals surface area contributed by atoms with Gasteiger partial charge in [0.1, 0.15) is 12.2 Å². The minimum atomic E-state index is -0.233. The molecule has 1 unspecified atom stereocenters. The van der Waals surface area contributed by atoms with Crippen LogP contribution in [0.4, 0.5) is 0 Å². The molecular weight excluding hydrogens is 268 g/mol. The van der Waals surface area contributed by atoms with E-state index in [-0.39, 0.29) is 18.4 Å². The molecule has 21 heavy (non-hydrogen) atoms. The van der Waals surface area contributed by atoms with Crippen LogP contribution in [0.1, 0.15) is 29.9 Å². The maximum Gasteiger partial charge on any atom is 0.309 e. The van der Waals surface area contributed by atoms with Gasteiger partial charge >= 0.3 is 5.97 Å². The minimum Gasteiger partial charge on any atom is -0.469 e. The molecule has 6 heteroatoms. The molecule has 1 N–H and O–H groups in total. The average molecular weight is 288 g/mol. The molecule has 0 saturated carbocycles. The molecule has 0 saturated heterocycles. The van der Waals surface area contributed by atoms with E-state index in [2.05, 4.69) is 15.5 Å². The van der Waals surface area contributed by atoms with Gasteiger partial charge in [-0.15, -0.1) is 10.2 Å². The number of nitrogens with one attached hydrogen (secondary N) is 1. The molecule has 0 spiro atoms. The van der Waals surface area contributed by atoms with Crippen LogP contribution in [0, 0.1) is 0 Å². The van der Waals surface area contributed by atoms with Crippen LogP contribution in [-0.4, -0.2) is 27.8 Å². The van der Waals surface area contributed by atoms with Crippen molar-refractivity contribution in [2.24, 2.45) is 7.05 Å². The standard InChI is InChI=1S/C15H20N4O2/c1-11(15-18-17-10-19(15)2)16-9-13-7-5-4-6-12(13)8-14(20)21-3/h4-7,10-11,16H,8-9H2,1-3H3. The average Bonchev–Trinajstić information content (AvgIpc) is 2.92. The van der Waals surface area contributed by atoms with Crippen molar-refractivity contribution in [2.45, 2.75) is 25.9 Å². The molecule has 0 bridgehead atoms. The summed E-state index contributed by atoms with van der Waals surface area (Å²) in [6.45, 7) is 2.69. The first kappa shape index (κ1) is 15.2. The topological polar surface area (TPSA) is 69.0 Å². The highest BCUT2D eigenvalue weighted by Crippen LogP contribution is 2.13. The van der Waals surface area contributed by atoms with Crippen molar-refractivity contribution < 1.29 is 9.53 Å². The second-order valence-electron chi connectivity index (χ2n) is 4.92. The van der Waals surface area contributed by atoms with Crippen LogP contribution >= 0.6 is 0 Å². The Labute approximate surface area is 124 Å². The molecule has 1 aromatic carbocycles. The highest BCUT2D eigenvalue weighted by molar-refractivity contribution is 5.72. The highest BCUT2D eigenvalue weighted by Gasteiger charge is 2.12. The van der Waals surface area contributed by atoms with Crippen LogP contribution < -0.4 is 5.32 Å². The third-order valence-corrected chi connectivity index (χ3v) is 3.41. The number of ether oxygens (including phenoxy) is 1. The summed E-state index contributed by atoms with van der Waals surface area (Å²) < 4.78 is 6.62. The van der Waals surface area contributed by atoms with Gasteiger partial charge in [-0.25, -0.2) is 0 Å².